The van der Waals surface area contributed by atoms with Crippen molar-refractivity contribution in [2.45, 2.75) is 62.3 Å². The van der Waals surface area contributed by atoms with Gasteiger partial charge >= 0.3 is 5.97 Å². The first-order valence-corrected chi connectivity index (χ1v) is 9.99. The number of carboxylic acid groups (broad SMARTS) is 1. The van der Waals surface area contributed by atoms with Crippen LogP contribution in [0.2, 0.25) is 0 Å². The molecule has 4 fully saturated rings. The molecule has 0 radical (unpaired) electrons. The normalized spacial score (nSPS) is 46.0. The van der Waals surface area contributed by atoms with Crippen LogP contribution in [-0.2, 0) is 19.6 Å². The number of aliphatic imine (C=N–C) groups is 1. The molecule has 0 aromatic carbocycles. The van der Waals surface area contributed by atoms with Gasteiger partial charge in [-0.05, 0) is 50.4 Å². The number of hydrogen-bond acceptors (Lipinski definition) is 5. The molecule has 2 bridgehead atoms. The third kappa shape index (κ3) is 2.51. The molecule has 0 aromatic rings. The van der Waals surface area contributed by atoms with Gasteiger partial charge in [-0.3, -0.25) is 4.79 Å². The van der Waals surface area contributed by atoms with Gasteiger partial charge in [-0.2, -0.15) is 0 Å². The van der Waals surface area contributed by atoms with Crippen LogP contribution in [0.3, 0.4) is 0 Å². The fourth-order valence-electron chi connectivity index (χ4n) is 4.90. The van der Waals surface area contributed by atoms with Crippen LogP contribution in [0, 0.1) is 17.8 Å². The van der Waals surface area contributed by atoms with E-state index >= 15 is 0 Å². The first-order valence-electron chi connectivity index (χ1n) is 8.44. The Bertz CT molecular complexity index is 646. The van der Waals surface area contributed by atoms with E-state index in [1.807, 2.05) is 0 Å². The topological polar surface area (TPSA) is 105 Å². The minimum absolute atomic E-state index is 0.0111. The van der Waals surface area contributed by atoms with E-state index in [9.17, 15) is 18.3 Å². The molecule has 0 amide bonds. The molecular formula is C15H22N2O5S. The zero-order valence-corrected chi connectivity index (χ0v) is 13.7. The Morgan fingerprint density at radius 2 is 1.91 bits per heavy atom. The average Bonchev–Trinajstić information content (AvgIpc) is 3.07. The minimum Gasteiger partial charge on any atom is -0.481 e. The van der Waals surface area contributed by atoms with Gasteiger partial charge in [-0.1, -0.05) is 6.42 Å². The molecule has 1 heterocycles. The molecule has 1 aliphatic heterocycles. The highest BCUT2D eigenvalue weighted by Gasteiger charge is 2.52. The number of ether oxygens (including phenoxy) is 1. The predicted octanol–water partition coefficient (Wildman–Crippen LogP) is 1.10. The number of sulfonamides is 1. The van der Waals surface area contributed by atoms with Crippen LogP contribution >= 0.6 is 0 Å². The van der Waals surface area contributed by atoms with Gasteiger partial charge in [0.2, 0.25) is 10.0 Å². The molecule has 1 saturated heterocycles. The third-order valence-electron chi connectivity index (χ3n) is 5.96. The van der Waals surface area contributed by atoms with Crippen molar-refractivity contribution < 1.29 is 23.1 Å². The van der Waals surface area contributed by atoms with Crippen LogP contribution in [-0.4, -0.2) is 42.9 Å². The summed E-state index contributed by atoms with van der Waals surface area (Å²) in [5.74, 6) is -0.959. The van der Waals surface area contributed by atoms with Crippen molar-refractivity contribution in [3.05, 3.63) is 0 Å². The van der Waals surface area contributed by atoms with Crippen LogP contribution in [0.25, 0.3) is 0 Å². The lowest BCUT2D eigenvalue weighted by Crippen LogP contribution is -2.54. The molecule has 2 N–H and O–H groups in total. The Balaban J connectivity index is 1.60. The summed E-state index contributed by atoms with van der Waals surface area (Å²) in [4.78, 5) is 16.0. The van der Waals surface area contributed by atoms with Crippen LogP contribution < -0.4 is 4.72 Å². The largest absolute Gasteiger partial charge is 0.481 e. The summed E-state index contributed by atoms with van der Waals surface area (Å²) in [7, 11) is -3.48. The maximum absolute atomic E-state index is 12.4. The monoisotopic (exact) mass is 342 g/mol. The highest BCUT2D eigenvalue weighted by molar-refractivity contribution is 7.90. The molecule has 0 aromatic heterocycles. The highest BCUT2D eigenvalue weighted by atomic mass is 32.2. The summed E-state index contributed by atoms with van der Waals surface area (Å²) >= 11 is 0. The van der Waals surface area contributed by atoms with Gasteiger partial charge in [0.15, 0.2) is 0 Å². The quantitative estimate of drug-likeness (QED) is 0.782. The Hall–Kier alpha value is -1.31. The number of rotatable bonds is 2. The van der Waals surface area contributed by atoms with E-state index in [4.69, 9.17) is 4.74 Å². The Morgan fingerprint density at radius 1 is 1.17 bits per heavy atom. The number of carbonyl (C=O) groups is 1. The third-order valence-corrected chi connectivity index (χ3v) is 7.75. The molecule has 6 atom stereocenters. The SMILES string of the molecule is O=C(O)[C@@H]1[C@@H]2CC[C@@H](C2)[C@@H]1N=C1NS(=O)(=O)C2CCCCC2O1. The maximum atomic E-state index is 12.4. The minimum atomic E-state index is -3.48. The van der Waals surface area contributed by atoms with Crippen LogP contribution in [0.4, 0.5) is 0 Å². The van der Waals surface area contributed by atoms with E-state index in [1.165, 1.54) is 0 Å². The lowest BCUT2D eigenvalue weighted by Gasteiger charge is -2.36. The fourth-order valence-corrected chi connectivity index (χ4v) is 6.47. The van der Waals surface area contributed by atoms with Crippen LogP contribution in [0.1, 0.15) is 44.9 Å². The van der Waals surface area contributed by atoms with E-state index < -0.39 is 27.2 Å². The molecular weight excluding hydrogens is 320 g/mol. The van der Waals surface area contributed by atoms with E-state index in [0.717, 1.165) is 32.1 Å². The number of hydrogen-bond donors (Lipinski definition) is 2. The molecule has 4 aliphatic rings. The molecule has 4 rings (SSSR count). The van der Waals surface area contributed by atoms with Crippen molar-refractivity contribution >= 4 is 22.0 Å². The summed E-state index contributed by atoms with van der Waals surface area (Å²) < 4.78 is 33.0. The molecule has 128 valence electrons. The molecule has 0 spiro atoms. The molecule has 7 nitrogen and oxygen atoms in total. The second-order valence-corrected chi connectivity index (χ2v) is 9.15. The van der Waals surface area contributed by atoms with E-state index in [1.54, 1.807) is 0 Å². The summed E-state index contributed by atoms with van der Waals surface area (Å²) in [6, 6.07) is -0.360. The van der Waals surface area contributed by atoms with Gasteiger partial charge in [0.05, 0.1) is 12.0 Å². The van der Waals surface area contributed by atoms with Gasteiger partial charge in [-0.15, -0.1) is 0 Å². The van der Waals surface area contributed by atoms with Gasteiger partial charge in [0.1, 0.15) is 11.4 Å². The molecule has 3 saturated carbocycles. The van der Waals surface area contributed by atoms with Gasteiger partial charge in [0, 0.05) is 0 Å². The maximum Gasteiger partial charge on any atom is 0.308 e. The Kier molecular flexibility index (Phi) is 3.55. The van der Waals surface area contributed by atoms with Crippen LogP contribution in [0.15, 0.2) is 4.99 Å². The predicted molar refractivity (Wildman–Crippen MR) is 82.4 cm³/mol. The van der Waals surface area contributed by atoms with Gasteiger partial charge in [-0.25, -0.2) is 18.1 Å². The Labute approximate surface area is 135 Å². The molecule has 23 heavy (non-hydrogen) atoms. The van der Waals surface area contributed by atoms with Crippen molar-refractivity contribution in [2.24, 2.45) is 22.7 Å². The van der Waals surface area contributed by atoms with E-state index in [0.29, 0.717) is 12.8 Å². The van der Waals surface area contributed by atoms with E-state index in [-0.39, 0.29) is 30.0 Å². The van der Waals surface area contributed by atoms with Gasteiger partial charge in [0.25, 0.3) is 6.02 Å². The molecule has 2 unspecified atom stereocenters. The first kappa shape index (κ1) is 15.2. The van der Waals surface area contributed by atoms with Crippen molar-refractivity contribution in [1.29, 1.82) is 0 Å². The lowest BCUT2D eigenvalue weighted by molar-refractivity contribution is -0.144. The summed E-state index contributed by atoms with van der Waals surface area (Å²) in [6.45, 7) is 0. The van der Waals surface area contributed by atoms with Crippen molar-refractivity contribution in [2.75, 3.05) is 0 Å². The van der Waals surface area contributed by atoms with Gasteiger partial charge < -0.3 is 9.84 Å². The number of carboxylic acids is 1. The second-order valence-electron chi connectivity index (χ2n) is 7.25. The van der Waals surface area contributed by atoms with Crippen LogP contribution in [0.5, 0.6) is 0 Å². The lowest BCUT2D eigenvalue weighted by atomic mass is 9.85. The smallest absolute Gasteiger partial charge is 0.308 e. The second kappa shape index (κ2) is 5.36. The number of fused-ring (bicyclic) bond motifs is 3. The number of aliphatic carboxylic acids is 1. The summed E-state index contributed by atoms with van der Waals surface area (Å²) in [5.41, 5.74) is 0. The van der Waals surface area contributed by atoms with Crippen molar-refractivity contribution in [3.8, 4) is 0 Å². The van der Waals surface area contributed by atoms with Crippen molar-refractivity contribution in [1.82, 2.24) is 4.72 Å². The Morgan fingerprint density at radius 3 is 2.70 bits per heavy atom. The zero-order chi connectivity index (χ0) is 16.2. The number of amidine groups is 1. The highest BCUT2D eigenvalue weighted by Crippen LogP contribution is 2.50. The average molecular weight is 342 g/mol. The van der Waals surface area contributed by atoms with Crippen molar-refractivity contribution in [3.63, 3.8) is 0 Å². The standard InChI is InChI=1S/C15H22N2O5S/c18-14(19)12-8-5-6-9(7-8)13(12)16-15-17-23(20,21)11-4-2-1-3-10(11)22-15/h8-13H,1-7H2,(H,16,17)(H,18,19)/t8-,9+,10?,11?,12-,13+/m1/s1. The number of nitrogens with zero attached hydrogens (tertiary/aromatic N) is 1. The number of nitrogens with one attached hydrogen (secondary N) is 1. The zero-order valence-electron chi connectivity index (χ0n) is 12.8. The first-order chi connectivity index (χ1) is 11.0. The fraction of sp³-hybridized carbons (Fsp3) is 0.867. The summed E-state index contributed by atoms with van der Waals surface area (Å²) in [6.07, 6.45) is 5.59. The molecule has 3 aliphatic carbocycles. The molecule has 8 heteroatoms. The summed E-state index contributed by atoms with van der Waals surface area (Å²) in [5, 5.41) is 8.97. The van der Waals surface area contributed by atoms with E-state index in [2.05, 4.69) is 9.71 Å².